The Morgan fingerprint density at radius 2 is 2.00 bits per heavy atom. The lowest BCUT2D eigenvalue weighted by molar-refractivity contribution is -0.0537. The molecular formula is C19H21N3O3. The number of morpholine rings is 1. The molecule has 0 saturated carbocycles. The van der Waals surface area contributed by atoms with Gasteiger partial charge in [0.05, 0.1) is 12.6 Å². The fourth-order valence-corrected chi connectivity index (χ4v) is 3.09. The van der Waals surface area contributed by atoms with E-state index in [0.29, 0.717) is 18.3 Å². The molecule has 1 aromatic carbocycles. The SMILES string of the molecule is Cc1ccc([C@@H]2CN([C@H](C)c3noc(-c4ccccc4)n3)CCO2)o1. The first kappa shape index (κ1) is 16.1. The van der Waals surface area contributed by atoms with Crippen LogP contribution in [0.25, 0.3) is 11.5 Å². The van der Waals surface area contributed by atoms with Crippen molar-refractivity contribution in [2.24, 2.45) is 0 Å². The second-order valence-electron chi connectivity index (χ2n) is 6.30. The van der Waals surface area contributed by atoms with E-state index in [-0.39, 0.29) is 12.1 Å². The van der Waals surface area contributed by atoms with Crippen LogP contribution in [0, 0.1) is 6.92 Å². The quantitative estimate of drug-likeness (QED) is 0.721. The maximum atomic E-state index is 5.87. The van der Waals surface area contributed by atoms with Crippen LogP contribution in [-0.4, -0.2) is 34.7 Å². The van der Waals surface area contributed by atoms with Crippen LogP contribution in [0.4, 0.5) is 0 Å². The van der Waals surface area contributed by atoms with Gasteiger partial charge in [-0.15, -0.1) is 0 Å². The van der Waals surface area contributed by atoms with Gasteiger partial charge in [0, 0.05) is 18.7 Å². The van der Waals surface area contributed by atoms with Crippen molar-refractivity contribution >= 4 is 0 Å². The molecule has 3 aromatic rings. The second-order valence-corrected chi connectivity index (χ2v) is 6.30. The Bertz CT molecular complexity index is 827. The maximum Gasteiger partial charge on any atom is 0.257 e. The van der Waals surface area contributed by atoms with Gasteiger partial charge in [-0.3, -0.25) is 4.90 Å². The molecule has 130 valence electrons. The zero-order chi connectivity index (χ0) is 17.2. The summed E-state index contributed by atoms with van der Waals surface area (Å²) in [7, 11) is 0. The lowest BCUT2D eigenvalue weighted by atomic mass is 10.1. The molecule has 6 nitrogen and oxygen atoms in total. The Balaban J connectivity index is 1.49. The number of hydrogen-bond donors (Lipinski definition) is 0. The molecule has 2 aromatic heterocycles. The fraction of sp³-hybridized carbons (Fsp3) is 0.368. The highest BCUT2D eigenvalue weighted by Crippen LogP contribution is 2.29. The van der Waals surface area contributed by atoms with E-state index < -0.39 is 0 Å². The summed E-state index contributed by atoms with van der Waals surface area (Å²) in [6.45, 7) is 6.25. The molecule has 4 rings (SSSR count). The van der Waals surface area contributed by atoms with Crippen LogP contribution in [0.2, 0.25) is 0 Å². The van der Waals surface area contributed by atoms with Crippen molar-refractivity contribution in [1.29, 1.82) is 0 Å². The van der Waals surface area contributed by atoms with Crippen molar-refractivity contribution in [1.82, 2.24) is 15.0 Å². The summed E-state index contributed by atoms with van der Waals surface area (Å²) < 4.78 is 17.0. The number of furan rings is 1. The van der Waals surface area contributed by atoms with E-state index in [0.717, 1.165) is 30.2 Å². The van der Waals surface area contributed by atoms with E-state index in [1.54, 1.807) is 0 Å². The van der Waals surface area contributed by atoms with Crippen molar-refractivity contribution in [3.63, 3.8) is 0 Å². The zero-order valence-corrected chi connectivity index (χ0v) is 14.4. The molecule has 1 aliphatic heterocycles. The minimum atomic E-state index is -0.0644. The molecule has 1 aliphatic rings. The molecule has 0 radical (unpaired) electrons. The van der Waals surface area contributed by atoms with Crippen LogP contribution in [0.5, 0.6) is 0 Å². The van der Waals surface area contributed by atoms with E-state index in [9.17, 15) is 0 Å². The largest absolute Gasteiger partial charge is 0.464 e. The molecular weight excluding hydrogens is 318 g/mol. The van der Waals surface area contributed by atoms with Crippen molar-refractivity contribution < 1.29 is 13.7 Å². The molecule has 0 bridgehead atoms. The number of hydrogen-bond acceptors (Lipinski definition) is 6. The molecule has 0 N–H and O–H groups in total. The van der Waals surface area contributed by atoms with Crippen LogP contribution in [0.1, 0.15) is 36.4 Å². The standard InChI is InChI=1S/C19H21N3O3/c1-13-8-9-16(24-13)17-12-22(10-11-23-17)14(2)18-20-19(25-21-18)15-6-4-3-5-7-15/h3-9,14,17H,10-12H2,1-2H3/t14-,17+/m1/s1. The smallest absolute Gasteiger partial charge is 0.257 e. The van der Waals surface area contributed by atoms with Crippen LogP contribution in [-0.2, 0) is 4.74 Å². The summed E-state index contributed by atoms with van der Waals surface area (Å²) in [6, 6.07) is 13.8. The van der Waals surface area contributed by atoms with Crippen LogP contribution >= 0.6 is 0 Å². The Morgan fingerprint density at radius 3 is 2.76 bits per heavy atom. The van der Waals surface area contributed by atoms with Crippen molar-refractivity contribution in [2.45, 2.75) is 26.0 Å². The van der Waals surface area contributed by atoms with Gasteiger partial charge in [0.2, 0.25) is 0 Å². The highest BCUT2D eigenvalue weighted by atomic mass is 16.5. The lowest BCUT2D eigenvalue weighted by Gasteiger charge is -2.34. The molecule has 1 saturated heterocycles. The van der Waals surface area contributed by atoms with Crippen LogP contribution < -0.4 is 0 Å². The molecule has 25 heavy (non-hydrogen) atoms. The third-order valence-electron chi connectivity index (χ3n) is 4.56. The average molecular weight is 339 g/mol. The normalized spacial score (nSPS) is 19.8. The molecule has 1 fully saturated rings. The number of nitrogens with zero attached hydrogens (tertiary/aromatic N) is 3. The predicted molar refractivity (Wildman–Crippen MR) is 91.9 cm³/mol. The topological polar surface area (TPSA) is 64.5 Å². The van der Waals surface area contributed by atoms with Crippen LogP contribution in [0.3, 0.4) is 0 Å². The number of rotatable bonds is 4. The number of aryl methyl sites for hydroxylation is 1. The number of benzene rings is 1. The van der Waals surface area contributed by atoms with E-state index in [2.05, 4.69) is 22.0 Å². The molecule has 3 heterocycles. The Kier molecular flexibility index (Phi) is 4.38. The van der Waals surface area contributed by atoms with E-state index in [4.69, 9.17) is 13.7 Å². The molecule has 6 heteroatoms. The van der Waals surface area contributed by atoms with E-state index in [1.165, 1.54) is 0 Å². The van der Waals surface area contributed by atoms with Crippen LogP contribution in [0.15, 0.2) is 51.4 Å². The van der Waals surface area contributed by atoms with Gasteiger partial charge in [-0.1, -0.05) is 23.4 Å². The molecule has 0 spiro atoms. The monoisotopic (exact) mass is 339 g/mol. The Labute approximate surface area is 146 Å². The molecule has 0 unspecified atom stereocenters. The first-order chi connectivity index (χ1) is 12.2. The van der Waals surface area contributed by atoms with Crippen molar-refractivity contribution in [2.75, 3.05) is 19.7 Å². The van der Waals surface area contributed by atoms with Gasteiger partial charge in [0.1, 0.15) is 17.6 Å². The third kappa shape index (κ3) is 3.36. The van der Waals surface area contributed by atoms with Gasteiger partial charge >= 0.3 is 0 Å². The van der Waals surface area contributed by atoms with Crippen molar-refractivity contribution in [3.8, 4) is 11.5 Å². The van der Waals surface area contributed by atoms with Gasteiger partial charge in [0.15, 0.2) is 5.82 Å². The Morgan fingerprint density at radius 1 is 1.16 bits per heavy atom. The average Bonchev–Trinajstić information content (AvgIpc) is 3.31. The highest BCUT2D eigenvalue weighted by Gasteiger charge is 2.30. The van der Waals surface area contributed by atoms with Gasteiger partial charge in [-0.25, -0.2) is 0 Å². The fourth-order valence-electron chi connectivity index (χ4n) is 3.09. The highest BCUT2D eigenvalue weighted by molar-refractivity contribution is 5.52. The summed E-state index contributed by atoms with van der Waals surface area (Å²) in [5, 5.41) is 4.18. The number of ether oxygens (including phenoxy) is 1. The Hall–Kier alpha value is -2.44. The summed E-state index contributed by atoms with van der Waals surface area (Å²) in [4.78, 5) is 6.87. The minimum Gasteiger partial charge on any atom is -0.464 e. The second kappa shape index (κ2) is 6.82. The summed E-state index contributed by atoms with van der Waals surface area (Å²) in [5.41, 5.74) is 0.930. The lowest BCUT2D eigenvalue weighted by Crippen LogP contribution is -2.40. The third-order valence-corrected chi connectivity index (χ3v) is 4.56. The van der Waals surface area contributed by atoms with Gasteiger partial charge in [-0.05, 0) is 38.1 Å². The van der Waals surface area contributed by atoms with Gasteiger partial charge in [0.25, 0.3) is 5.89 Å². The minimum absolute atomic E-state index is 0.0451. The summed E-state index contributed by atoms with van der Waals surface area (Å²) in [6.07, 6.45) is -0.0644. The molecule has 0 aliphatic carbocycles. The van der Waals surface area contributed by atoms with Gasteiger partial charge < -0.3 is 13.7 Å². The predicted octanol–water partition coefficient (Wildman–Crippen LogP) is 3.77. The zero-order valence-electron chi connectivity index (χ0n) is 14.4. The van der Waals surface area contributed by atoms with E-state index in [1.807, 2.05) is 49.4 Å². The summed E-state index contributed by atoms with van der Waals surface area (Å²) in [5.74, 6) is 3.01. The molecule has 2 atom stereocenters. The summed E-state index contributed by atoms with van der Waals surface area (Å²) >= 11 is 0. The first-order valence-electron chi connectivity index (χ1n) is 8.52. The van der Waals surface area contributed by atoms with Gasteiger partial charge in [-0.2, -0.15) is 4.98 Å². The first-order valence-corrected chi connectivity index (χ1v) is 8.52. The van der Waals surface area contributed by atoms with Crippen molar-refractivity contribution in [3.05, 3.63) is 59.8 Å². The molecule has 0 amide bonds. The number of aromatic nitrogens is 2. The maximum absolute atomic E-state index is 5.87. The van der Waals surface area contributed by atoms with E-state index >= 15 is 0 Å².